The summed E-state index contributed by atoms with van der Waals surface area (Å²) in [6.07, 6.45) is -1.74. The van der Waals surface area contributed by atoms with Crippen LogP contribution in [0.5, 0.6) is 11.5 Å². The fraction of sp³-hybridized carbons (Fsp3) is 0.400. The Morgan fingerprint density at radius 2 is 1.73 bits per heavy atom. The molecule has 0 amide bonds. The van der Waals surface area contributed by atoms with Gasteiger partial charge in [0, 0.05) is 25.3 Å². The predicted octanol–water partition coefficient (Wildman–Crippen LogP) is 4.18. The number of rotatable bonds is 4. The summed E-state index contributed by atoms with van der Waals surface area (Å²) in [5.74, 6) is 0.575. The molecule has 0 unspecified atom stereocenters. The van der Waals surface area contributed by atoms with Gasteiger partial charge in [-0.3, -0.25) is 0 Å². The molecular formula is C30H32N2O7S. The molecule has 3 aromatic rings. The Morgan fingerprint density at radius 1 is 0.950 bits per heavy atom. The Hall–Kier alpha value is -3.15. The molecule has 3 aromatic carbocycles. The van der Waals surface area contributed by atoms with Gasteiger partial charge < -0.3 is 28.6 Å². The molecule has 0 N–H and O–H groups in total. The van der Waals surface area contributed by atoms with Crippen LogP contribution < -0.4 is 14.4 Å². The van der Waals surface area contributed by atoms with Crippen LogP contribution in [0.4, 0.5) is 5.69 Å². The van der Waals surface area contributed by atoms with Crippen molar-refractivity contribution in [3.63, 3.8) is 0 Å². The van der Waals surface area contributed by atoms with Crippen molar-refractivity contribution in [2.24, 2.45) is 0 Å². The monoisotopic (exact) mass is 564 g/mol. The number of aryl methyl sites for hydroxylation is 1. The van der Waals surface area contributed by atoms with Gasteiger partial charge in [-0.1, -0.05) is 42.0 Å². The second kappa shape index (κ2) is 9.46. The third kappa shape index (κ3) is 4.44. The zero-order valence-corrected chi connectivity index (χ0v) is 23.5. The highest BCUT2D eigenvalue weighted by Crippen LogP contribution is 2.44. The van der Waals surface area contributed by atoms with E-state index >= 15 is 0 Å². The van der Waals surface area contributed by atoms with Crippen LogP contribution in [0.25, 0.3) is 0 Å². The topological polar surface area (TPSA) is 86.8 Å². The highest BCUT2D eigenvalue weighted by Gasteiger charge is 2.59. The second-order valence-electron chi connectivity index (χ2n) is 11.2. The first-order valence-corrected chi connectivity index (χ1v) is 14.9. The van der Waals surface area contributed by atoms with Gasteiger partial charge in [-0.05, 0) is 62.2 Å². The van der Waals surface area contributed by atoms with Crippen molar-refractivity contribution in [3.8, 4) is 11.5 Å². The SMILES string of the molecule is Cc1ccc(S(=O)(=O)N2Cc3ccccc3N(Cc3ccc4c(c3)OCO4)C[C@H]3O[C@@H]4OC(C)(C)O[C@@H]4[C@@H]32)cc1. The van der Waals surface area contributed by atoms with Crippen LogP contribution >= 0.6 is 0 Å². The van der Waals surface area contributed by atoms with E-state index in [1.165, 1.54) is 0 Å². The van der Waals surface area contributed by atoms with Gasteiger partial charge in [-0.25, -0.2) is 8.42 Å². The Morgan fingerprint density at radius 3 is 2.55 bits per heavy atom. The average Bonchev–Trinajstić information content (AvgIpc) is 3.58. The molecule has 40 heavy (non-hydrogen) atoms. The van der Waals surface area contributed by atoms with E-state index < -0.39 is 40.4 Å². The number of hydrogen-bond acceptors (Lipinski definition) is 8. The van der Waals surface area contributed by atoms with E-state index in [0.717, 1.165) is 33.9 Å². The molecule has 2 saturated heterocycles. The second-order valence-corrected chi connectivity index (χ2v) is 13.1. The van der Waals surface area contributed by atoms with Crippen LogP contribution in [0.2, 0.25) is 0 Å². The van der Waals surface area contributed by atoms with Crippen molar-refractivity contribution in [1.29, 1.82) is 0 Å². The molecule has 0 saturated carbocycles. The van der Waals surface area contributed by atoms with Crippen LogP contribution in [-0.4, -0.2) is 56.4 Å². The van der Waals surface area contributed by atoms with Crippen LogP contribution in [0.15, 0.2) is 71.6 Å². The summed E-state index contributed by atoms with van der Waals surface area (Å²) in [5, 5.41) is 0. The number of benzene rings is 3. The van der Waals surface area contributed by atoms with E-state index in [9.17, 15) is 8.42 Å². The number of ether oxygens (including phenoxy) is 5. The van der Waals surface area contributed by atoms with Gasteiger partial charge in [0.15, 0.2) is 23.6 Å². The number of para-hydroxylation sites is 1. The van der Waals surface area contributed by atoms with Crippen molar-refractivity contribution in [1.82, 2.24) is 4.31 Å². The first kappa shape index (κ1) is 25.8. The maximum atomic E-state index is 14.3. The molecule has 4 aliphatic heterocycles. The Kier molecular flexibility index (Phi) is 6.10. The molecule has 0 bridgehead atoms. The van der Waals surface area contributed by atoms with Crippen molar-refractivity contribution in [2.45, 2.75) is 69.1 Å². The smallest absolute Gasteiger partial charge is 0.243 e. The summed E-state index contributed by atoms with van der Waals surface area (Å²) >= 11 is 0. The molecule has 0 radical (unpaired) electrons. The van der Waals surface area contributed by atoms with Crippen molar-refractivity contribution in [3.05, 3.63) is 83.4 Å². The zero-order chi connectivity index (χ0) is 27.6. The normalized spacial score (nSPS) is 27.0. The molecule has 2 fully saturated rings. The number of anilines is 1. The Bertz CT molecular complexity index is 1540. The van der Waals surface area contributed by atoms with Crippen molar-refractivity contribution >= 4 is 15.7 Å². The molecular weight excluding hydrogens is 532 g/mol. The highest BCUT2D eigenvalue weighted by molar-refractivity contribution is 7.89. The lowest BCUT2D eigenvalue weighted by atomic mass is 10.0. The molecule has 4 aliphatic rings. The third-order valence-electron chi connectivity index (χ3n) is 7.94. The largest absolute Gasteiger partial charge is 0.454 e. The van der Waals surface area contributed by atoms with E-state index in [-0.39, 0.29) is 18.2 Å². The van der Waals surface area contributed by atoms with E-state index in [1.807, 2.05) is 75.4 Å². The van der Waals surface area contributed by atoms with E-state index in [0.29, 0.717) is 13.1 Å². The third-order valence-corrected chi connectivity index (χ3v) is 9.80. The average molecular weight is 565 g/mol. The maximum Gasteiger partial charge on any atom is 0.243 e. The molecule has 0 aromatic heterocycles. The fourth-order valence-corrected chi connectivity index (χ4v) is 7.74. The summed E-state index contributed by atoms with van der Waals surface area (Å²) in [7, 11) is -3.91. The summed E-state index contributed by atoms with van der Waals surface area (Å²) in [5.41, 5.74) is 3.89. The molecule has 4 atom stereocenters. The van der Waals surface area contributed by atoms with E-state index in [1.54, 1.807) is 16.4 Å². The van der Waals surface area contributed by atoms with Crippen LogP contribution in [-0.2, 0) is 37.3 Å². The quantitative estimate of drug-likeness (QED) is 0.467. The molecule has 4 heterocycles. The van der Waals surface area contributed by atoms with Gasteiger partial charge in [0.1, 0.15) is 6.10 Å². The number of hydrogen-bond donors (Lipinski definition) is 0. The predicted molar refractivity (Wildman–Crippen MR) is 146 cm³/mol. The number of fused-ring (bicyclic) bond motifs is 5. The summed E-state index contributed by atoms with van der Waals surface area (Å²) in [6.45, 7) is 6.99. The van der Waals surface area contributed by atoms with Crippen LogP contribution in [0.1, 0.15) is 30.5 Å². The lowest BCUT2D eigenvalue weighted by Gasteiger charge is -2.40. The van der Waals surface area contributed by atoms with Gasteiger partial charge >= 0.3 is 0 Å². The van der Waals surface area contributed by atoms with Crippen molar-refractivity contribution < 1.29 is 32.1 Å². The molecule has 9 nitrogen and oxygen atoms in total. The lowest BCUT2D eigenvalue weighted by molar-refractivity contribution is -0.208. The van der Waals surface area contributed by atoms with Crippen LogP contribution in [0, 0.1) is 6.92 Å². The van der Waals surface area contributed by atoms with E-state index in [2.05, 4.69) is 4.90 Å². The molecule has 0 aliphatic carbocycles. The van der Waals surface area contributed by atoms with Gasteiger partial charge in [0.05, 0.1) is 17.0 Å². The van der Waals surface area contributed by atoms with Crippen molar-refractivity contribution in [2.75, 3.05) is 18.2 Å². The minimum Gasteiger partial charge on any atom is -0.454 e. The lowest BCUT2D eigenvalue weighted by Crippen LogP contribution is -2.54. The molecule has 7 rings (SSSR count). The number of sulfonamides is 1. The first-order chi connectivity index (χ1) is 19.2. The number of nitrogens with zero attached hydrogens (tertiary/aromatic N) is 2. The van der Waals surface area contributed by atoms with Gasteiger partial charge in [0.25, 0.3) is 0 Å². The van der Waals surface area contributed by atoms with E-state index in [4.69, 9.17) is 23.7 Å². The summed E-state index contributed by atoms with van der Waals surface area (Å²) < 4.78 is 60.1. The minimum atomic E-state index is -3.91. The Labute approximate surface area is 234 Å². The fourth-order valence-electron chi connectivity index (χ4n) is 6.10. The molecule has 210 valence electrons. The van der Waals surface area contributed by atoms with Gasteiger partial charge in [0.2, 0.25) is 16.8 Å². The highest BCUT2D eigenvalue weighted by atomic mass is 32.2. The standard InChI is InChI=1S/C30H32N2O7S/c1-19-8-11-22(12-9-19)40(33,34)32-16-21-6-4-5-7-23(21)31(15-20-10-13-24-25(14-20)36-18-35-24)17-26-27(32)28-29(37-26)39-30(2,3)38-28/h4-14,26-29H,15-18H2,1-3H3/t26-,27-,28-,29-/m1/s1. The summed E-state index contributed by atoms with van der Waals surface area (Å²) in [6, 6.07) is 20.3. The van der Waals surface area contributed by atoms with Gasteiger partial charge in [-0.15, -0.1) is 0 Å². The molecule has 0 spiro atoms. The Balaban J connectivity index is 1.31. The maximum absolute atomic E-state index is 14.3. The molecule has 10 heteroatoms. The summed E-state index contributed by atoms with van der Waals surface area (Å²) in [4.78, 5) is 2.49. The van der Waals surface area contributed by atoms with Crippen LogP contribution in [0.3, 0.4) is 0 Å². The van der Waals surface area contributed by atoms with Gasteiger partial charge in [-0.2, -0.15) is 4.31 Å². The zero-order valence-electron chi connectivity index (χ0n) is 22.6. The first-order valence-electron chi connectivity index (χ1n) is 13.5. The minimum absolute atomic E-state index is 0.168.